The largest absolute Gasteiger partial charge is 0.497 e. The van der Waals surface area contributed by atoms with Crippen LogP contribution in [0, 0.1) is 5.82 Å². The van der Waals surface area contributed by atoms with Crippen LogP contribution in [0.3, 0.4) is 0 Å². The van der Waals surface area contributed by atoms with E-state index in [1.807, 2.05) is 12.1 Å². The van der Waals surface area contributed by atoms with E-state index in [2.05, 4.69) is 0 Å². The smallest absolute Gasteiger partial charge is 0.164 e. The van der Waals surface area contributed by atoms with Crippen LogP contribution >= 0.6 is 0 Å². The second kappa shape index (κ2) is 4.50. The molecule has 96 valence electrons. The normalized spacial score (nSPS) is 17.4. The van der Waals surface area contributed by atoms with E-state index in [1.165, 1.54) is 12.1 Å². The van der Waals surface area contributed by atoms with Crippen molar-refractivity contribution in [2.45, 2.75) is 12.3 Å². The van der Waals surface area contributed by atoms with Gasteiger partial charge in [0.15, 0.2) is 5.78 Å². The van der Waals surface area contributed by atoms with E-state index in [0.29, 0.717) is 17.7 Å². The molecule has 0 fully saturated rings. The van der Waals surface area contributed by atoms with E-state index in [1.54, 1.807) is 25.3 Å². The summed E-state index contributed by atoms with van der Waals surface area (Å²) in [5.74, 6) is 0.562. The molecule has 0 aromatic heterocycles. The molecule has 0 aliphatic heterocycles. The van der Waals surface area contributed by atoms with Crippen LogP contribution in [0.15, 0.2) is 42.5 Å². The number of halogens is 1. The summed E-state index contributed by atoms with van der Waals surface area (Å²) in [4.78, 5) is 12.1. The number of rotatable bonds is 2. The van der Waals surface area contributed by atoms with Crippen molar-refractivity contribution in [2.24, 2.45) is 0 Å². The molecule has 0 radical (unpaired) electrons. The molecule has 1 aliphatic rings. The Morgan fingerprint density at radius 1 is 1.16 bits per heavy atom. The third kappa shape index (κ3) is 2.01. The molecular formula is C16H13FO2. The number of ether oxygens (including phenoxy) is 1. The first-order valence-corrected chi connectivity index (χ1v) is 6.15. The minimum Gasteiger partial charge on any atom is -0.497 e. The first-order chi connectivity index (χ1) is 9.19. The molecule has 0 bridgehead atoms. The maximum atomic E-state index is 13.0. The topological polar surface area (TPSA) is 26.3 Å². The quantitative estimate of drug-likeness (QED) is 0.821. The first-order valence-electron chi connectivity index (χ1n) is 6.15. The van der Waals surface area contributed by atoms with E-state index in [-0.39, 0.29) is 17.5 Å². The number of benzene rings is 2. The first kappa shape index (κ1) is 11.9. The maximum absolute atomic E-state index is 13.0. The summed E-state index contributed by atoms with van der Waals surface area (Å²) in [6.07, 6.45) is 0.439. The van der Waals surface area contributed by atoms with Gasteiger partial charge in [0.2, 0.25) is 0 Å². The molecule has 0 amide bonds. The Bertz CT molecular complexity index is 632. The molecule has 0 saturated carbocycles. The van der Waals surface area contributed by atoms with Gasteiger partial charge in [0.05, 0.1) is 7.11 Å². The van der Waals surface area contributed by atoms with Crippen LogP contribution in [-0.4, -0.2) is 12.9 Å². The van der Waals surface area contributed by atoms with Gasteiger partial charge < -0.3 is 4.74 Å². The van der Waals surface area contributed by atoms with Crippen molar-refractivity contribution in [1.82, 2.24) is 0 Å². The number of methoxy groups -OCH3 is 1. The van der Waals surface area contributed by atoms with Gasteiger partial charge in [0.1, 0.15) is 11.6 Å². The van der Waals surface area contributed by atoms with Crippen LogP contribution < -0.4 is 4.74 Å². The molecule has 0 N–H and O–H groups in total. The molecule has 1 aliphatic carbocycles. The standard InChI is InChI=1S/C16H13FO2/c1-19-12-6-7-13-14(9-16(18)15(13)8-12)10-2-4-11(17)5-3-10/h2-8,14H,9H2,1H3/t14-/m0/s1. The van der Waals surface area contributed by atoms with Gasteiger partial charge in [-0.05, 0) is 35.4 Å². The van der Waals surface area contributed by atoms with E-state index in [0.717, 1.165) is 11.1 Å². The Labute approximate surface area is 110 Å². The Hall–Kier alpha value is -2.16. The maximum Gasteiger partial charge on any atom is 0.164 e. The minimum atomic E-state index is -0.261. The van der Waals surface area contributed by atoms with Crippen LogP contribution in [0.1, 0.15) is 33.8 Å². The molecule has 3 rings (SSSR count). The van der Waals surface area contributed by atoms with E-state index < -0.39 is 0 Å². The van der Waals surface area contributed by atoms with Crippen molar-refractivity contribution in [3.8, 4) is 5.75 Å². The average molecular weight is 256 g/mol. The van der Waals surface area contributed by atoms with Gasteiger partial charge in [0, 0.05) is 17.9 Å². The van der Waals surface area contributed by atoms with Crippen molar-refractivity contribution in [3.63, 3.8) is 0 Å². The van der Waals surface area contributed by atoms with Crippen molar-refractivity contribution >= 4 is 5.78 Å². The summed E-state index contributed by atoms with van der Waals surface area (Å²) in [5.41, 5.74) is 2.68. The number of carbonyl (C=O) groups excluding carboxylic acids is 1. The molecule has 0 spiro atoms. The minimum absolute atomic E-state index is 0.0222. The van der Waals surface area contributed by atoms with Crippen LogP contribution in [-0.2, 0) is 0 Å². The van der Waals surface area contributed by atoms with Gasteiger partial charge in [0.25, 0.3) is 0 Å². The third-order valence-corrected chi connectivity index (χ3v) is 3.60. The summed E-state index contributed by atoms with van der Waals surface area (Å²) in [6.45, 7) is 0. The Balaban J connectivity index is 2.04. The molecular weight excluding hydrogens is 243 g/mol. The highest BCUT2D eigenvalue weighted by Gasteiger charge is 2.30. The van der Waals surface area contributed by atoms with Crippen molar-refractivity contribution in [1.29, 1.82) is 0 Å². The van der Waals surface area contributed by atoms with Crippen LogP contribution in [0.25, 0.3) is 0 Å². The summed E-state index contributed by atoms with van der Waals surface area (Å²) < 4.78 is 18.1. The third-order valence-electron chi connectivity index (χ3n) is 3.60. The monoisotopic (exact) mass is 256 g/mol. The molecule has 2 aromatic carbocycles. The molecule has 2 nitrogen and oxygen atoms in total. The lowest BCUT2D eigenvalue weighted by Gasteiger charge is -2.11. The fourth-order valence-corrected chi connectivity index (χ4v) is 2.61. The van der Waals surface area contributed by atoms with Gasteiger partial charge in [-0.25, -0.2) is 4.39 Å². The number of hydrogen-bond acceptors (Lipinski definition) is 2. The van der Waals surface area contributed by atoms with Crippen LogP contribution in [0.2, 0.25) is 0 Å². The van der Waals surface area contributed by atoms with E-state index in [4.69, 9.17) is 4.74 Å². The van der Waals surface area contributed by atoms with Gasteiger partial charge in [-0.3, -0.25) is 4.79 Å². The lowest BCUT2D eigenvalue weighted by atomic mass is 9.93. The summed E-state index contributed by atoms with van der Waals surface area (Å²) >= 11 is 0. The van der Waals surface area contributed by atoms with Crippen LogP contribution in [0.4, 0.5) is 4.39 Å². The van der Waals surface area contributed by atoms with Crippen molar-refractivity contribution in [2.75, 3.05) is 7.11 Å². The van der Waals surface area contributed by atoms with E-state index in [9.17, 15) is 9.18 Å². The molecule has 0 heterocycles. The predicted octanol–water partition coefficient (Wildman–Crippen LogP) is 3.55. The highest BCUT2D eigenvalue weighted by molar-refractivity contribution is 6.02. The molecule has 19 heavy (non-hydrogen) atoms. The zero-order valence-corrected chi connectivity index (χ0v) is 10.5. The molecule has 3 heteroatoms. The lowest BCUT2D eigenvalue weighted by Crippen LogP contribution is -1.96. The van der Waals surface area contributed by atoms with Gasteiger partial charge in [-0.15, -0.1) is 0 Å². The van der Waals surface area contributed by atoms with Gasteiger partial charge in [-0.2, -0.15) is 0 Å². The second-order valence-corrected chi connectivity index (χ2v) is 4.68. The SMILES string of the molecule is COc1ccc2c(c1)C(=O)C[C@H]2c1ccc(F)cc1. The highest BCUT2D eigenvalue weighted by atomic mass is 19.1. The van der Waals surface area contributed by atoms with E-state index >= 15 is 0 Å². The zero-order chi connectivity index (χ0) is 13.4. The molecule has 1 atom stereocenters. The molecule has 0 saturated heterocycles. The second-order valence-electron chi connectivity index (χ2n) is 4.68. The Kier molecular flexibility index (Phi) is 2.82. The zero-order valence-electron chi connectivity index (χ0n) is 10.5. The van der Waals surface area contributed by atoms with Crippen molar-refractivity contribution < 1.29 is 13.9 Å². The van der Waals surface area contributed by atoms with Crippen LogP contribution in [0.5, 0.6) is 5.75 Å². The van der Waals surface area contributed by atoms with Gasteiger partial charge in [-0.1, -0.05) is 18.2 Å². The fraction of sp³-hybridized carbons (Fsp3) is 0.188. The fourth-order valence-electron chi connectivity index (χ4n) is 2.61. The number of Topliss-reactive ketones (excluding diaryl/α,β-unsaturated/α-hetero) is 1. The van der Waals surface area contributed by atoms with Gasteiger partial charge >= 0.3 is 0 Å². The Morgan fingerprint density at radius 2 is 1.89 bits per heavy atom. The highest BCUT2D eigenvalue weighted by Crippen LogP contribution is 2.39. The molecule has 0 unspecified atom stereocenters. The Morgan fingerprint density at radius 3 is 2.58 bits per heavy atom. The summed E-state index contributed by atoms with van der Waals surface area (Å²) in [7, 11) is 1.58. The number of ketones is 1. The number of hydrogen-bond donors (Lipinski definition) is 0. The number of fused-ring (bicyclic) bond motifs is 1. The average Bonchev–Trinajstić information content (AvgIpc) is 2.76. The summed E-state index contributed by atoms with van der Waals surface area (Å²) in [5, 5.41) is 0. The summed E-state index contributed by atoms with van der Waals surface area (Å²) in [6, 6.07) is 11.9. The van der Waals surface area contributed by atoms with Crippen molar-refractivity contribution in [3.05, 3.63) is 65.0 Å². The molecule has 2 aromatic rings. The lowest BCUT2D eigenvalue weighted by molar-refractivity contribution is 0.0991. The number of carbonyl (C=O) groups is 1. The predicted molar refractivity (Wildman–Crippen MR) is 70.2 cm³/mol.